The third kappa shape index (κ3) is 1.85. The van der Waals surface area contributed by atoms with Crippen molar-refractivity contribution in [3.05, 3.63) is 41.2 Å². The van der Waals surface area contributed by atoms with E-state index in [1.807, 2.05) is 18.2 Å². The van der Waals surface area contributed by atoms with Gasteiger partial charge in [0.15, 0.2) is 0 Å². The number of aromatic nitrogens is 3. The van der Waals surface area contributed by atoms with Crippen LogP contribution in [0.3, 0.4) is 0 Å². The highest BCUT2D eigenvalue weighted by Crippen LogP contribution is 2.13. The number of hydrogen-bond acceptors (Lipinski definition) is 2. The largest absolute Gasteiger partial charge is 0.153 e. The number of para-hydroxylation sites is 1. The Hall–Kier alpha value is -1.64. The minimum Gasteiger partial charge on any atom is -0.153 e. The highest BCUT2D eigenvalue weighted by Gasteiger charge is 2.09. The van der Waals surface area contributed by atoms with E-state index in [-0.39, 0.29) is 0 Å². The third-order valence-electron chi connectivity index (χ3n) is 2.76. The maximum Gasteiger partial charge on any atom is 0.0885 e. The summed E-state index contributed by atoms with van der Waals surface area (Å²) in [5.41, 5.74) is 4.47. The first-order valence-corrected chi connectivity index (χ1v) is 5.77. The van der Waals surface area contributed by atoms with E-state index >= 15 is 0 Å². The number of hydrogen-bond donors (Lipinski definition) is 0. The van der Waals surface area contributed by atoms with Crippen LogP contribution in [-0.4, -0.2) is 15.0 Å². The van der Waals surface area contributed by atoms with Crippen LogP contribution in [0.4, 0.5) is 0 Å². The smallest absolute Gasteiger partial charge is 0.0885 e. The lowest BCUT2D eigenvalue weighted by atomic mass is 10.2. The van der Waals surface area contributed by atoms with Crippen LogP contribution in [-0.2, 0) is 12.8 Å². The minimum atomic E-state index is 0.940. The van der Waals surface area contributed by atoms with Gasteiger partial charge in [-0.05, 0) is 31.4 Å². The molecule has 1 aromatic carbocycles. The molecule has 2 rings (SSSR count). The first-order valence-electron chi connectivity index (χ1n) is 5.77. The zero-order chi connectivity index (χ0) is 11.5. The summed E-state index contributed by atoms with van der Waals surface area (Å²) in [6.07, 6.45) is 1.88. The number of rotatable bonds is 3. The summed E-state index contributed by atoms with van der Waals surface area (Å²) in [6, 6.07) is 8.18. The maximum atomic E-state index is 4.54. The van der Waals surface area contributed by atoms with Gasteiger partial charge in [-0.2, -0.15) is 15.0 Å². The van der Waals surface area contributed by atoms with Crippen molar-refractivity contribution >= 4 is 0 Å². The van der Waals surface area contributed by atoms with Gasteiger partial charge in [0.1, 0.15) is 0 Å². The fourth-order valence-electron chi connectivity index (χ4n) is 1.81. The van der Waals surface area contributed by atoms with Crippen molar-refractivity contribution < 1.29 is 0 Å². The van der Waals surface area contributed by atoms with Crippen LogP contribution < -0.4 is 0 Å². The van der Waals surface area contributed by atoms with Crippen molar-refractivity contribution in [2.75, 3.05) is 0 Å². The van der Waals surface area contributed by atoms with Gasteiger partial charge in [-0.25, -0.2) is 0 Å². The van der Waals surface area contributed by atoms with Gasteiger partial charge in [0, 0.05) is 0 Å². The molecule has 16 heavy (non-hydrogen) atoms. The average molecular weight is 215 g/mol. The molecule has 1 aromatic heterocycles. The lowest BCUT2D eigenvalue weighted by Crippen LogP contribution is -2.01. The van der Waals surface area contributed by atoms with E-state index in [1.54, 1.807) is 4.80 Å². The van der Waals surface area contributed by atoms with Crippen LogP contribution >= 0.6 is 0 Å². The summed E-state index contributed by atoms with van der Waals surface area (Å²) in [6.45, 7) is 6.31. The van der Waals surface area contributed by atoms with Crippen molar-refractivity contribution in [2.24, 2.45) is 0 Å². The van der Waals surface area contributed by atoms with E-state index in [0.717, 1.165) is 29.9 Å². The average Bonchev–Trinajstić information content (AvgIpc) is 2.72. The number of nitrogens with zero attached hydrogens (tertiary/aromatic N) is 3. The van der Waals surface area contributed by atoms with Gasteiger partial charge in [-0.3, -0.25) is 0 Å². The molecule has 84 valence electrons. The summed E-state index contributed by atoms with van der Waals surface area (Å²) >= 11 is 0. The summed E-state index contributed by atoms with van der Waals surface area (Å²) in [5.74, 6) is 0. The van der Waals surface area contributed by atoms with Crippen LogP contribution in [0.2, 0.25) is 0 Å². The molecule has 3 nitrogen and oxygen atoms in total. The Morgan fingerprint density at radius 3 is 2.06 bits per heavy atom. The second-order valence-corrected chi connectivity index (χ2v) is 3.88. The Morgan fingerprint density at radius 2 is 1.56 bits per heavy atom. The van der Waals surface area contributed by atoms with Crippen LogP contribution in [0.5, 0.6) is 0 Å². The van der Waals surface area contributed by atoms with E-state index in [4.69, 9.17) is 0 Å². The molecule has 3 heteroatoms. The SMILES string of the molecule is CCc1nn(-c2ccccc2C)nc1CC. The highest BCUT2D eigenvalue weighted by atomic mass is 15.5. The molecular weight excluding hydrogens is 198 g/mol. The van der Waals surface area contributed by atoms with Crippen molar-refractivity contribution in [1.29, 1.82) is 0 Å². The van der Waals surface area contributed by atoms with Crippen LogP contribution in [0, 0.1) is 6.92 Å². The lowest BCUT2D eigenvalue weighted by molar-refractivity contribution is 0.728. The van der Waals surface area contributed by atoms with Crippen molar-refractivity contribution in [3.8, 4) is 5.69 Å². The summed E-state index contributed by atoms with van der Waals surface area (Å²) in [4.78, 5) is 1.76. The van der Waals surface area contributed by atoms with Gasteiger partial charge < -0.3 is 0 Å². The predicted octanol–water partition coefficient (Wildman–Crippen LogP) is 2.70. The molecule has 2 aromatic rings. The minimum absolute atomic E-state index is 0.940. The third-order valence-corrected chi connectivity index (χ3v) is 2.76. The van der Waals surface area contributed by atoms with Gasteiger partial charge in [-0.1, -0.05) is 32.0 Å². The first kappa shape index (κ1) is 10.9. The van der Waals surface area contributed by atoms with Gasteiger partial charge >= 0.3 is 0 Å². The van der Waals surface area contributed by atoms with Gasteiger partial charge in [0.25, 0.3) is 0 Å². The molecule has 0 N–H and O–H groups in total. The first-order chi connectivity index (χ1) is 7.76. The quantitative estimate of drug-likeness (QED) is 0.788. The van der Waals surface area contributed by atoms with E-state index in [1.165, 1.54) is 5.56 Å². The molecule has 0 atom stereocenters. The molecule has 0 saturated carbocycles. The van der Waals surface area contributed by atoms with Crippen LogP contribution in [0.25, 0.3) is 5.69 Å². The van der Waals surface area contributed by atoms with E-state index in [2.05, 4.69) is 37.0 Å². The Kier molecular flexibility index (Phi) is 3.04. The van der Waals surface area contributed by atoms with Crippen molar-refractivity contribution in [1.82, 2.24) is 15.0 Å². The second-order valence-electron chi connectivity index (χ2n) is 3.88. The molecular formula is C13H17N3. The van der Waals surface area contributed by atoms with E-state index in [0.29, 0.717) is 0 Å². The molecule has 0 bridgehead atoms. The summed E-state index contributed by atoms with van der Waals surface area (Å²) in [7, 11) is 0. The fraction of sp³-hybridized carbons (Fsp3) is 0.385. The Morgan fingerprint density at radius 1 is 1.00 bits per heavy atom. The van der Waals surface area contributed by atoms with E-state index in [9.17, 15) is 0 Å². The highest BCUT2D eigenvalue weighted by molar-refractivity contribution is 5.38. The van der Waals surface area contributed by atoms with Gasteiger partial charge in [0.05, 0.1) is 17.1 Å². The lowest BCUT2D eigenvalue weighted by Gasteiger charge is -2.02. The zero-order valence-corrected chi connectivity index (χ0v) is 10.1. The molecule has 0 aliphatic rings. The molecule has 1 heterocycles. The van der Waals surface area contributed by atoms with Crippen molar-refractivity contribution in [3.63, 3.8) is 0 Å². The maximum absolute atomic E-state index is 4.54. The number of benzene rings is 1. The van der Waals surface area contributed by atoms with Crippen molar-refractivity contribution in [2.45, 2.75) is 33.6 Å². The predicted molar refractivity (Wildman–Crippen MR) is 64.9 cm³/mol. The Balaban J connectivity index is 2.49. The monoisotopic (exact) mass is 215 g/mol. The zero-order valence-electron chi connectivity index (χ0n) is 10.1. The molecule has 0 radical (unpaired) electrons. The van der Waals surface area contributed by atoms with Gasteiger partial charge in [0.2, 0.25) is 0 Å². The summed E-state index contributed by atoms with van der Waals surface area (Å²) in [5, 5.41) is 9.07. The molecule has 0 amide bonds. The molecule has 0 saturated heterocycles. The second kappa shape index (κ2) is 4.47. The summed E-state index contributed by atoms with van der Waals surface area (Å²) < 4.78 is 0. The van der Waals surface area contributed by atoms with Crippen LogP contribution in [0.1, 0.15) is 30.8 Å². The number of aryl methyl sites for hydroxylation is 3. The Labute approximate surface area is 96.1 Å². The fourth-order valence-corrected chi connectivity index (χ4v) is 1.81. The molecule has 0 aliphatic carbocycles. The van der Waals surface area contributed by atoms with E-state index < -0.39 is 0 Å². The Bertz CT molecular complexity index is 464. The molecule has 0 fully saturated rings. The van der Waals surface area contributed by atoms with Gasteiger partial charge in [-0.15, -0.1) is 0 Å². The standard InChI is InChI=1S/C13H17N3/c1-4-11-12(5-2)15-16(14-11)13-9-7-6-8-10(13)3/h6-9H,4-5H2,1-3H3. The topological polar surface area (TPSA) is 30.7 Å². The molecule has 0 aliphatic heterocycles. The molecule has 0 unspecified atom stereocenters. The molecule has 0 spiro atoms. The van der Waals surface area contributed by atoms with Crippen LogP contribution in [0.15, 0.2) is 24.3 Å². The normalized spacial score (nSPS) is 10.7.